The van der Waals surface area contributed by atoms with E-state index >= 15 is 0 Å². The first kappa shape index (κ1) is 21.6. The summed E-state index contributed by atoms with van der Waals surface area (Å²) in [5.41, 5.74) is 5.14. The third-order valence-corrected chi connectivity index (χ3v) is 5.81. The van der Waals surface area contributed by atoms with Crippen molar-refractivity contribution in [2.45, 2.75) is 27.4 Å². The highest BCUT2D eigenvalue weighted by Crippen LogP contribution is 2.30. The molecule has 0 spiro atoms. The lowest BCUT2D eigenvalue weighted by molar-refractivity contribution is 0.102. The molecule has 0 unspecified atom stereocenters. The predicted molar refractivity (Wildman–Crippen MR) is 124 cm³/mol. The summed E-state index contributed by atoms with van der Waals surface area (Å²) >= 11 is 1.38. The Labute approximate surface area is 190 Å². The number of rotatable bonds is 7. The average molecular weight is 450 g/mol. The van der Waals surface area contributed by atoms with Crippen molar-refractivity contribution >= 4 is 22.4 Å². The third kappa shape index (κ3) is 4.65. The number of amides is 1. The Morgan fingerprint density at radius 2 is 1.88 bits per heavy atom. The molecule has 0 aliphatic rings. The second-order valence-electron chi connectivity index (χ2n) is 7.32. The number of hydrogen-bond acceptors (Lipinski definition) is 7. The van der Waals surface area contributed by atoms with Gasteiger partial charge in [0.05, 0.1) is 24.1 Å². The van der Waals surface area contributed by atoms with Crippen LogP contribution in [0.3, 0.4) is 0 Å². The fraction of sp³-hybridized carbons (Fsp3) is 0.208. The van der Waals surface area contributed by atoms with Crippen molar-refractivity contribution in [3.05, 3.63) is 76.0 Å². The minimum atomic E-state index is -0.273. The van der Waals surface area contributed by atoms with E-state index in [1.807, 2.05) is 50.4 Å². The number of ether oxygens (including phenoxy) is 2. The summed E-state index contributed by atoms with van der Waals surface area (Å²) in [6, 6.07) is 13.2. The molecule has 0 radical (unpaired) electrons. The lowest BCUT2D eigenvalue weighted by atomic mass is 10.1. The number of nitrogens with zero attached hydrogens (tertiary/aromatic N) is 2. The molecule has 7 nitrogen and oxygen atoms in total. The Balaban J connectivity index is 1.45. The zero-order valence-electron chi connectivity index (χ0n) is 18.3. The van der Waals surface area contributed by atoms with Gasteiger partial charge >= 0.3 is 0 Å². The third-order valence-electron chi connectivity index (χ3n) is 5.05. The van der Waals surface area contributed by atoms with E-state index in [4.69, 9.17) is 14.0 Å². The molecule has 8 heteroatoms. The fourth-order valence-electron chi connectivity index (χ4n) is 3.14. The molecule has 1 amide bonds. The second kappa shape index (κ2) is 9.23. The van der Waals surface area contributed by atoms with Crippen molar-refractivity contribution < 1.29 is 18.8 Å². The van der Waals surface area contributed by atoms with Crippen molar-refractivity contribution in [2.75, 3.05) is 12.4 Å². The number of anilines is 1. The summed E-state index contributed by atoms with van der Waals surface area (Å²) in [4.78, 5) is 17.3. The molecular weight excluding hydrogens is 426 g/mol. The molecule has 2 heterocycles. The molecule has 2 aromatic carbocycles. The van der Waals surface area contributed by atoms with Crippen LogP contribution < -0.4 is 14.8 Å². The van der Waals surface area contributed by atoms with Crippen molar-refractivity contribution in [1.29, 1.82) is 0 Å². The molecular formula is C24H23N3O4S. The Kier molecular flexibility index (Phi) is 6.23. The Morgan fingerprint density at radius 3 is 2.56 bits per heavy atom. The van der Waals surface area contributed by atoms with Crippen molar-refractivity contribution in [1.82, 2.24) is 10.1 Å². The molecule has 2 aromatic heterocycles. The van der Waals surface area contributed by atoms with Crippen LogP contribution in [-0.4, -0.2) is 23.2 Å². The topological polar surface area (TPSA) is 86.5 Å². The maximum Gasteiger partial charge on any atom is 0.257 e. The highest BCUT2D eigenvalue weighted by atomic mass is 32.1. The molecule has 0 aliphatic carbocycles. The Morgan fingerprint density at radius 1 is 1.09 bits per heavy atom. The summed E-state index contributed by atoms with van der Waals surface area (Å²) in [7, 11) is 1.54. The summed E-state index contributed by atoms with van der Waals surface area (Å²) in [5.74, 6) is 1.43. The van der Waals surface area contributed by atoms with Gasteiger partial charge in [0, 0.05) is 16.5 Å². The number of methoxy groups -OCH3 is 1. The summed E-state index contributed by atoms with van der Waals surface area (Å²) in [6.07, 6.45) is 0. The Bertz CT molecular complexity index is 1230. The van der Waals surface area contributed by atoms with Crippen LogP contribution in [-0.2, 0) is 6.61 Å². The standard InChI is InChI=1S/C24H23N3O4S/c1-14-5-7-17(8-6-14)20-13-32-24(25-20)26-23(28)18-9-10-21(22(11-18)29-4)30-12-19-15(2)27-31-16(19)3/h5-11,13H,12H2,1-4H3,(H,25,26,28). The highest BCUT2D eigenvalue weighted by molar-refractivity contribution is 7.14. The van der Waals surface area contributed by atoms with Crippen LogP contribution in [0.1, 0.15) is 32.9 Å². The molecule has 0 fully saturated rings. The van der Waals surface area contributed by atoms with Gasteiger partial charge in [-0.3, -0.25) is 10.1 Å². The molecule has 1 N–H and O–H groups in total. The minimum Gasteiger partial charge on any atom is -0.493 e. The van der Waals surface area contributed by atoms with Gasteiger partial charge in [-0.25, -0.2) is 4.98 Å². The molecule has 0 saturated carbocycles. The van der Waals surface area contributed by atoms with E-state index in [1.54, 1.807) is 18.2 Å². The first-order valence-corrected chi connectivity index (χ1v) is 10.9. The van der Waals surface area contributed by atoms with Gasteiger partial charge in [-0.15, -0.1) is 11.3 Å². The molecule has 4 aromatic rings. The number of hydrogen-bond donors (Lipinski definition) is 1. The Hall–Kier alpha value is -3.65. The number of aryl methyl sites for hydroxylation is 3. The molecule has 164 valence electrons. The molecule has 0 bridgehead atoms. The number of carbonyl (C=O) groups is 1. The number of thiazole rings is 1. The van der Waals surface area contributed by atoms with Gasteiger partial charge in [0.15, 0.2) is 16.6 Å². The van der Waals surface area contributed by atoms with E-state index in [-0.39, 0.29) is 5.91 Å². The van der Waals surface area contributed by atoms with Gasteiger partial charge in [-0.05, 0) is 39.0 Å². The zero-order valence-corrected chi connectivity index (χ0v) is 19.1. The van der Waals surface area contributed by atoms with Gasteiger partial charge in [0.25, 0.3) is 5.91 Å². The number of carbonyl (C=O) groups excluding carboxylic acids is 1. The summed E-state index contributed by atoms with van der Waals surface area (Å²) < 4.78 is 16.5. The summed E-state index contributed by atoms with van der Waals surface area (Å²) in [6.45, 7) is 6.04. The van der Waals surface area contributed by atoms with Gasteiger partial charge in [-0.1, -0.05) is 35.0 Å². The average Bonchev–Trinajstić information content (AvgIpc) is 3.39. The van der Waals surface area contributed by atoms with Gasteiger partial charge in [0.1, 0.15) is 12.4 Å². The minimum absolute atomic E-state index is 0.273. The van der Waals surface area contributed by atoms with Crippen LogP contribution in [0.2, 0.25) is 0 Å². The van der Waals surface area contributed by atoms with E-state index in [1.165, 1.54) is 24.0 Å². The lowest BCUT2D eigenvalue weighted by Crippen LogP contribution is -2.12. The van der Waals surface area contributed by atoms with E-state index in [9.17, 15) is 4.79 Å². The number of benzene rings is 2. The molecule has 0 aliphatic heterocycles. The maximum absolute atomic E-state index is 12.8. The first-order valence-electron chi connectivity index (χ1n) is 10.0. The smallest absolute Gasteiger partial charge is 0.257 e. The predicted octanol–water partition coefficient (Wildman–Crippen LogP) is 5.56. The van der Waals surface area contributed by atoms with Crippen LogP contribution in [0.25, 0.3) is 11.3 Å². The van der Waals surface area contributed by atoms with Crippen molar-refractivity contribution in [3.63, 3.8) is 0 Å². The molecule has 0 saturated heterocycles. The normalized spacial score (nSPS) is 10.8. The van der Waals surface area contributed by atoms with Crippen molar-refractivity contribution in [2.24, 2.45) is 0 Å². The molecule has 0 atom stereocenters. The monoisotopic (exact) mass is 449 g/mol. The highest BCUT2D eigenvalue weighted by Gasteiger charge is 2.15. The number of aromatic nitrogens is 2. The van der Waals surface area contributed by atoms with Gasteiger partial charge in [0.2, 0.25) is 0 Å². The number of nitrogens with one attached hydrogen (secondary N) is 1. The van der Waals surface area contributed by atoms with Crippen LogP contribution in [0.4, 0.5) is 5.13 Å². The van der Waals surface area contributed by atoms with Crippen LogP contribution >= 0.6 is 11.3 Å². The quantitative estimate of drug-likeness (QED) is 0.397. The first-order chi connectivity index (χ1) is 15.4. The van der Waals surface area contributed by atoms with E-state index < -0.39 is 0 Å². The largest absolute Gasteiger partial charge is 0.493 e. The molecule has 32 heavy (non-hydrogen) atoms. The lowest BCUT2D eigenvalue weighted by Gasteiger charge is -2.12. The van der Waals surface area contributed by atoms with Gasteiger partial charge in [-0.2, -0.15) is 0 Å². The molecule has 4 rings (SSSR count). The zero-order chi connectivity index (χ0) is 22.7. The van der Waals surface area contributed by atoms with E-state index in [2.05, 4.69) is 15.5 Å². The van der Waals surface area contributed by atoms with Crippen LogP contribution in [0.5, 0.6) is 11.5 Å². The maximum atomic E-state index is 12.8. The van der Waals surface area contributed by atoms with Crippen LogP contribution in [0.15, 0.2) is 52.4 Å². The van der Waals surface area contributed by atoms with Gasteiger partial charge < -0.3 is 14.0 Å². The van der Waals surface area contributed by atoms with Crippen LogP contribution in [0, 0.1) is 20.8 Å². The van der Waals surface area contributed by atoms with Crippen molar-refractivity contribution in [3.8, 4) is 22.8 Å². The second-order valence-corrected chi connectivity index (χ2v) is 8.17. The van der Waals surface area contributed by atoms with E-state index in [0.29, 0.717) is 34.6 Å². The fourth-order valence-corrected chi connectivity index (χ4v) is 3.86. The summed E-state index contributed by atoms with van der Waals surface area (Å²) in [5, 5.41) is 9.23. The van der Waals surface area contributed by atoms with E-state index in [0.717, 1.165) is 22.5 Å². The SMILES string of the molecule is COc1cc(C(=O)Nc2nc(-c3ccc(C)cc3)cs2)ccc1OCc1c(C)noc1C.